The smallest absolute Gasteiger partial charge is 0.263 e. The molecule has 0 atom stereocenters. The first kappa shape index (κ1) is 75.1. The Morgan fingerprint density at radius 1 is 0.400 bits per heavy atom. The summed E-state index contributed by atoms with van der Waals surface area (Å²) in [7, 11) is 14.2. The van der Waals surface area contributed by atoms with Crippen LogP contribution in [0.25, 0.3) is 50.8 Å². The molecule has 29 heteroatoms. The predicted octanol–water partition coefficient (Wildman–Crippen LogP) is 10.9. The van der Waals surface area contributed by atoms with E-state index in [1.807, 2.05) is 24.9 Å². The molecule has 110 heavy (non-hydrogen) atoms. The van der Waals surface area contributed by atoms with E-state index in [1.165, 1.54) is 66.8 Å². The quantitative estimate of drug-likeness (QED) is 0.0716. The van der Waals surface area contributed by atoms with E-state index in [4.69, 9.17) is 51.9 Å². The molecule has 9 N–H and O–H groups in total. The summed E-state index contributed by atoms with van der Waals surface area (Å²) in [5, 5.41) is 19.6. The lowest BCUT2D eigenvalue weighted by Gasteiger charge is -2.28. The number of methoxy groups -OCH3 is 1. The van der Waals surface area contributed by atoms with Crippen LogP contribution in [-0.2, 0) is 58.9 Å². The Kier molecular flexibility index (Phi) is 22.2. The largest absolute Gasteiger partial charge is 0.493 e. The number of piperidine rings is 1. The summed E-state index contributed by atoms with van der Waals surface area (Å²) in [5.41, 5.74) is 48.4. The first-order chi connectivity index (χ1) is 53.0. The van der Waals surface area contributed by atoms with E-state index in [9.17, 15) is 0 Å². The second kappa shape index (κ2) is 32.6. The Bertz CT molecular complexity index is 5310. The van der Waals surface area contributed by atoms with Gasteiger partial charge in [0.05, 0.1) is 110 Å². The highest BCUT2D eigenvalue weighted by Gasteiger charge is 2.26. The molecule has 0 bridgehead atoms. The first-order valence-electron chi connectivity index (χ1n) is 37.1. The van der Waals surface area contributed by atoms with Crippen molar-refractivity contribution in [3.05, 3.63) is 189 Å². The van der Waals surface area contributed by atoms with E-state index in [2.05, 4.69) is 191 Å². The maximum atomic E-state index is 6.10. The zero-order valence-electron chi connectivity index (χ0n) is 64.7. The number of fused-ring (bicyclic) bond motifs is 4. The van der Waals surface area contributed by atoms with E-state index < -0.39 is 0 Å². The van der Waals surface area contributed by atoms with Crippen LogP contribution in [-0.4, -0.2) is 186 Å². The highest BCUT2D eigenvalue weighted by Crippen LogP contribution is 2.37. The van der Waals surface area contributed by atoms with Gasteiger partial charge in [0.25, 0.3) is 17.6 Å². The van der Waals surface area contributed by atoms with Gasteiger partial charge < -0.3 is 66.4 Å². The van der Waals surface area contributed by atoms with Crippen LogP contribution in [0.4, 0.5) is 23.3 Å². The molecule has 4 aromatic carbocycles. The lowest BCUT2D eigenvalue weighted by molar-refractivity contribution is 0.212. The van der Waals surface area contributed by atoms with Crippen molar-refractivity contribution < 1.29 is 18.9 Å². The molecule has 0 aliphatic carbocycles. The van der Waals surface area contributed by atoms with E-state index in [0.717, 1.165) is 155 Å². The van der Waals surface area contributed by atoms with Gasteiger partial charge in [0, 0.05) is 81.7 Å². The highest BCUT2D eigenvalue weighted by atomic mass is 16.5. The number of nitrogen functional groups attached to an aromatic ring is 4. The number of nitrogens with two attached hydrogens (primary N) is 4. The van der Waals surface area contributed by atoms with Crippen LogP contribution < -0.4 is 41.9 Å². The number of aromatic nitrogens is 16. The zero-order valence-corrected chi connectivity index (χ0v) is 64.7. The number of anilines is 4. The van der Waals surface area contributed by atoms with Gasteiger partial charge in [-0.2, -0.15) is 20.4 Å². The molecule has 17 rings (SSSR count). The SMILES string of the molecule is COc1cnn(-c2nc(-c3cc(C)c4c(c3)CN(C)CC4)cnc2N)c1.Cc1cc(-c2cnc(N)c(Oc3cn[nH]c3C)n2)cc2c1CCN(C)C2.Cc1cc(-c2cnc(N)c(Oc3cnn(C)c3)n2)cc2c1CCN(C)C2.Cc1cc(-c2cnc(N)c(Oc3cnn(C4CCN(C)CC4)c3)n2)cc2c1CCN(C)C2. The van der Waals surface area contributed by atoms with E-state index in [-0.39, 0.29) is 17.5 Å². The number of nitrogens with one attached hydrogen (secondary N) is 1. The average molecular weight is 1480 g/mol. The number of nitrogens with zero attached hydrogens (tertiary/aromatic N) is 20. The molecule has 8 aromatic heterocycles. The maximum absolute atomic E-state index is 6.10. The fourth-order valence-corrected chi connectivity index (χ4v) is 14.9. The van der Waals surface area contributed by atoms with Gasteiger partial charge in [0.2, 0.25) is 0 Å². The third kappa shape index (κ3) is 17.2. The number of H-pyrrole nitrogens is 1. The molecule has 0 spiro atoms. The second-order valence-corrected chi connectivity index (χ2v) is 29.5. The molecule has 1 fully saturated rings. The van der Waals surface area contributed by atoms with Crippen LogP contribution in [0.3, 0.4) is 0 Å². The molecular weight excluding hydrogens is 1390 g/mol. The minimum atomic E-state index is 0.253. The minimum absolute atomic E-state index is 0.253. The Labute approximate surface area is 640 Å². The summed E-state index contributed by atoms with van der Waals surface area (Å²) >= 11 is 0. The van der Waals surface area contributed by atoms with Gasteiger partial charge in [-0.3, -0.25) is 14.5 Å². The van der Waals surface area contributed by atoms with Crippen LogP contribution in [0, 0.1) is 34.6 Å². The van der Waals surface area contributed by atoms with Crippen molar-refractivity contribution in [3.63, 3.8) is 0 Å². The van der Waals surface area contributed by atoms with Crippen molar-refractivity contribution in [2.75, 3.05) is 105 Å². The van der Waals surface area contributed by atoms with Crippen LogP contribution in [0.5, 0.6) is 40.6 Å². The van der Waals surface area contributed by atoms with Gasteiger partial charge in [0.15, 0.2) is 52.1 Å². The molecule has 0 unspecified atom stereocenters. The monoisotopic (exact) mass is 1480 g/mol. The molecule has 1 saturated heterocycles. The fourth-order valence-electron chi connectivity index (χ4n) is 14.9. The number of likely N-dealkylation sites (N-methyl/N-ethyl adjacent to an activating group) is 4. The van der Waals surface area contributed by atoms with Crippen molar-refractivity contribution in [3.8, 4) is 91.5 Å². The number of benzene rings is 4. The predicted molar refractivity (Wildman–Crippen MR) is 425 cm³/mol. The summed E-state index contributed by atoms with van der Waals surface area (Å²) in [6.45, 7) is 20.9. The summed E-state index contributed by atoms with van der Waals surface area (Å²) in [4.78, 5) is 47.5. The number of hydrogen-bond donors (Lipinski definition) is 5. The average Bonchev–Trinajstić information content (AvgIpc) is 1.09. The molecule has 0 saturated carbocycles. The number of likely N-dealkylation sites (tertiary alicyclic amines) is 1. The topological polar surface area (TPSA) is 342 Å². The van der Waals surface area contributed by atoms with Gasteiger partial charge in [0.1, 0.15) is 0 Å². The molecule has 5 aliphatic rings. The number of aryl methyl sites for hydroxylation is 6. The normalized spacial score (nSPS) is 15.3. The van der Waals surface area contributed by atoms with Crippen LogP contribution in [0.15, 0.2) is 117 Å². The van der Waals surface area contributed by atoms with Crippen molar-refractivity contribution >= 4 is 23.3 Å². The summed E-state index contributed by atoms with van der Waals surface area (Å²) in [6, 6.07) is 17.9. The van der Waals surface area contributed by atoms with Gasteiger partial charge in [-0.1, -0.05) is 0 Å². The van der Waals surface area contributed by atoms with E-state index in [1.54, 1.807) is 78.4 Å². The Balaban J connectivity index is 0.000000123. The molecule has 13 heterocycles. The van der Waals surface area contributed by atoms with Crippen molar-refractivity contribution in [1.29, 1.82) is 0 Å². The molecule has 29 nitrogen and oxygen atoms in total. The third-order valence-corrected chi connectivity index (χ3v) is 21.0. The van der Waals surface area contributed by atoms with Crippen LogP contribution >= 0.6 is 0 Å². The molecule has 5 aliphatic heterocycles. The number of hydrogen-bond acceptors (Lipinski definition) is 25. The van der Waals surface area contributed by atoms with Gasteiger partial charge in [-0.05, 0) is 237 Å². The molecule has 0 amide bonds. The number of ether oxygens (including phenoxy) is 4. The lowest BCUT2D eigenvalue weighted by Crippen LogP contribution is -2.31. The summed E-state index contributed by atoms with van der Waals surface area (Å²) in [5.74, 6) is 4.95. The lowest BCUT2D eigenvalue weighted by atomic mass is 9.92. The third-order valence-electron chi connectivity index (χ3n) is 21.0. The van der Waals surface area contributed by atoms with Crippen LogP contribution in [0.2, 0.25) is 0 Å². The fraction of sp³-hybridized carbons (Fsp3) is 0.358. The summed E-state index contributed by atoms with van der Waals surface area (Å²) in [6.07, 6.45) is 25.3. The van der Waals surface area contributed by atoms with E-state index >= 15 is 0 Å². The van der Waals surface area contributed by atoms with Gasteiger partial charge in [-0.15, -0.1) is 0 Å². The standard InChI is InChI=1S/C24H31N7O.3C19H22N6O/c1-16-10-17(11-18-14-30(3)9-6-21(16)18)22-13-26-23(25)24(28-22)32-20-12-27-31(15-20)19-4-7-29(2)8-5-19;1-12-6-13(7-14-10-24(2)5-4-16(12)14)17-9-21-18(20)19(23-17)25-11-15(26-3)8-22-25;1-12-6-13(7-14-10-24(2)5-4-16(12)14)17-9-21-18(20)19(23-17)26-15-8-22-25(3)11-15;1-11-6-13(7-14-10-25(3)5-4-15(11)14)16-8-21-18(20)19(23-16)26-17-9-22-24-12(17)2/h10-13,15,19H,4-9,14H2,1-3H3,(H2,25,26);2*6-9,11H,4-5,10H2,1-3H3,(H2,20,21);6-9H,4-5,10H2,1-3H3,(H2,20,21)(H,22,24). The highest BCUT2D eigenvalue weighted by molar-refractivity contribution is 5.69. The number of rotatable bonds is 13. The van der Waals surface area contributed by atoms with Gasteiger partial charge in [-0.25, -0.2) is 44.6 Å². The second-order valence-electron chi connectivity index (χ2n) is 29.5. The Morgan fingerprint density at radius 2 is 0.791 bits per heavy atom. The maximum Gasteiger partial charge on any atom is 0.263 e. The molecule has 570 valence electrons. The molecule has 0 radical (unpaired) electrons. The molecule has 12 aromatic rings. The van der Waals surface area contributed by atoms with Crippen LogP contribution in [0.1, 0.15) is 91.3 Å². The Morgan fingerprint density at radius 3 is 1.18 bits per heavy atom. The summed E-state index contributed by atoms with van der Waals surface area (Å²) < 4.78 is 28.0. The Hall–Kier alpha value is -11.8. The van der Waals surface area contributed by atoms with Crippen molar-refractivity contribution in [2.45, 2.75) is 105 Å². The van der Waals surface area contributed by atoms with Crippen molar-refractivity contribution in [1.82, 2.24) is 104 Å². The zero-order chi connectivity index (χ0) is 77.0. The molecular formula is C81H97N25O4. The van der Waals surface area contributed by atoms with Gasteiger partial charge >= 0.3 is 0 Å². The van der Waals surface area contributed by atoms with Crippen molar-refractivity contribution in [2.24, 2.45) is 7.05 Å². The van der Waals surface area contributed by atoms with E-state index in [0.29, 0.717) is 58.3 Å². The minimum Gasteiger partial charge on any atom is -0.493 e. The number of aromatic amines is 1. The first-order valence-corrected chi connectivity index (χ1v) is 37.1.